The molecule has 0 saturated carbocycles. The quantitative estimate of drug-likeness (QED) is 0.759. The Morgan fingerprint density at radius 2 is 1.93 bits per heavy atom. The van der Waals surface area contributed by atoms with Gasteiger partial charge in [0, 0.05) is 5.69 Å². The van der Waals surface area contributed by atoms with Crippen LogP contribution in [0.25, 0.3) is 0 Å². The van der Waals surface area contributed by atoms with Gasteiger partial charge in [0.05, 0.1) is 6.61 Å². The Labute approximate surface area is 89.6 Å². The first-order valence-electron chi connectivity index (χ1n) is 4.68. The number of hydrogen-bond acceptors (Lipinski definition) is 3. The molecule has 0 fully saturated rings. The molecule has 0 aliphatic rings. The lowest BCUT2D eigenvalue weighted by Crippen LogP contribution is -2.16. The summed E-state index contributed by atoms with van der Waals surface area (Å²) >= 11 is 0. The van der Waals surface area contributed by atoms with E-state index in [2.05, 4.69) is 5.32 Å². The van der Waals surface area contributed by atoms with Crippen LogP contribution in [0.1, 0.15) is 12.5 Å². The fraction of sp³-hybridized carbons (Fsp3) is 0.364. The molecule has 0 heterocycles. The topological polar surface area (TPSA) is 69.8 Å². The third-order valence-corrected chi connectivity index (χ3v) is 1.79. The minimum atomic E-state index is -0.229. The first kappa shape index (κ1) is 13.4. The van der Waals surface area contributed by atoms with Gasteiger partial charge in [-0.3, -0.25) is 4.79 Å². The normalized spacial score (nSPS) is 8.93. The molecule has 1 aromatic carbocycles. The highest BCUT2D eigenvalue weighted by atomic mass is 16.5. The van der Waals surface area contributed by atoms with Crippen molar-refractivity contribution in [2.75, 3.05) is 18.5 Å². The van der Waals surface area contributed by atoms with Gasteiger partial charge in [-0.25, -0.2) is 0 Å². The van der Waals surface area contributed by atoms with Crippen molar-refractivity contribution in [1.82, 2.24) is 0 Å². The SMILES string of the molecule is CCOC(=O)CNc1ccc(C)cc1.O. The molecule has 1 rings (SSSR count). The van der Waals surface area contributed by atoms with Crippen molar-refractivity contribution < 1.29 is 15.0 Å². The molecule has 0 saturated heterocycles. The van der Waals surface area contributed by atoms with Crippen molar-refractivity contribution in [2.45, 2.75) is 13.8 Å². The van der Waals surface area contributed by atoms with E-state index in [0.717, 1.165) is 5.69 Å². The summed E-state index contributed by atoms with van der Waals surface area (Å²) in [5.41, 5.74) is 2.13. The molecule has 0 atom stereocenters. The summed E-state index contributed by atoms with van der Waals surface area (Å²) in [7, 11) is 0. The van der Waals surface area contributed by atoms with Crippen molar-refractivity contribution >= 4 is 11.7 Å². The third kappa shape index (κ3) is 5.02. The predicted octanol–water partition coefficient (Wildman–Crippen LogP) is 1.15. The summed E-state index contributed by atoms with van der Waals surface area (Å²) in [6.45, 7) is 4.46. The Hall–Kier alpha value is -1.55. The van der Waals surface area contributed by atoms with E-state index in [-0.39, 0.29) is 18.0 Å². The molecule has 4 heteroatoms. The standard InChI is InChI=1S/C11H15NO2.H2O/c1-3-14-11(13)8-12-10-6-4-9(2)5-7-10;/h4-7,12H,3,8H2,1-2H3;1H2. The Morgan fingerprint density at radius 1 is 1.33 bits per heavy atom. The first-order chi connectivity index (χ1) is 6.72. The molecule has 3 N–H and O–H groups in total. The zero-order chi connectivity index (χ0) is 10.4. The van der Waals surface area contributed by atoms with Gasteiger partial charge in [0.1, 0.15) is 6.54 Å². The van der Waals surface area contributed by atoms with Gasteiger partial charge in [-0.1, -0.05) is 17.7 Å². The maximum atomic E-state index is 11.0. The Morgan fingerprint density at radius 3 is 2.47 bits per heavy atom. The highest BCUT2D eigenvalue weighted by Gasteiger charge is 1.99. The van der Waals surface area contributed by atoms with Crippen molar-refractivity contribution in [3.05, 3.63) is 29.8 Å². The molecular weight excluding hydrogens is 194 g/mol. The molecular formula is C11H17NO3. The van der Waals surface area contributed by atoms with E-state index >= 15 is 0 Å². The molecule has 0 aliphatic heterocycles. The maximum Gasteiger partial charge on any atom is 0.325 e. The zero-order valence-corrected chi connectivity index (χ0v) is 9.04. The average Bonchev–Trinajstić information content (AvgIpc) is 2.17. The highest BCUT2D eigenvalue weighted by Crippen LogP contribution is 2.07. The van der Waals surface area contributed by atoms with Crippen molar-refractivity contribution in [3.8, 4) is 0 Å². The lowest BCUT2D eigenvalue weighted by atomic mass is 10.2. The molecule has 0 spiro atoms. The minimum absolute atomic E-state index is 0. The molecule has 0 bridgehead atoms. The average molecular weight is 211 g/mol. The molecule has 0 aromatic heterocycles. The molecule has 4 nitrogen and oxygen atoms in total. The fourth-order valence-corrected chi connectivity index (χ4v) is 1.06. The Balaban J connectivity index is 0.00000196. The second kappa shape index (κ2) is 6.84. The van der Waals surface area contributed by atoms with Crippen molar-refractivity contribution in [3.63, 3.8) is 0 Å². The maximum absolute atomic E-state index is 11.0. The first-order valence-corrected chi connectivity index (χ1v) is 4.68. The number of carbonyl (C=O) groups excluding carboxylic acids is 1. The number of esters is 1. The van der Waals surface area contributed by atoms with Crippen LogP contribution in [0.5, 0.6) is 0 Å². The van der Waals surface area contributed by atoms with Crippen molar-refractivity contribution in [1.29, 1.82) is 0 Å². The molecule has 1 aromatic rings. The van der Waals surface area contributed by atoms with Crippen LogP contribution < -0.4 is 5.32 Å². The van der Waals surface area contributed by atoms with Gasteiger partial charge in [0.2, 0.25) is 0 Å². The summed E-state index contributed by atoms with van der Waals surface area (Å²) in [6, 6.07) is 7.87. The number of aryl methyl sites for hydroxylation is 1. The van der Waals surface area contributed by atoms with E-state index in [1.807, 2.05) is 31.2 Å². The Kier molecular flexibility index (Phi) is 6.13. The van der Waals surface area contributed by atoms with Crippen molar-refractivity contribution in [2.24, 2.45) is 0 Å². The number of benzene rings is 1. The fourth-order valence-electron chi connectivity index (χ4n) is 1.06. The van der Waals surface area contributed by atoms with Crippen LogP contribution in [0.15, 0.2) is 24.3 Å². The largest absolute Gasteiger partial charge is 0.465 e. The van der Waals surface area contributed by atoms with Gasteiger partial charge in [-0.05, 0) is 26.0 Å². The van der Waals surface area contributed by atoms with E-state index in [4.69, 9.17) is 4.74 Å². The zero-order valence-electron chi connectivity index (χ0n) is 9.04. The monoisotopic (exact) mass is 211 g/mol. The van der Waals surface area contributed by atoms with Gasteiger partial charge < -0.3 is 15.5 Å². The van der Waals surface area contributed by atoms with Crippen LogP contribution >= 0.6 is 0 Å². The van der Waals surface area contributed by atoms with E-state index in [1.54, 1.807) is 6.92 Å². The van der Waals surface area contributed by atoms with Crippen LogP contribution in [0.4, 0.5) is 5.69 Å². The summed E-state index contributed by atoms with van der Waals surface area (Å²) < 4.78 is 4.79. The van der Waals surface area contributed by atoms with Crippen LogP contribution in [0.3, 0.4) is 0 Å². The summed E-state index contributed by atoms with van der Waals surface area (Å²) in [5.74, 6) is -0.229. The number of ether oxygens (including phenoxy) is 1. The summed E-state index contributed by atoms with van der Waals surface area (Å²) in [4.78, 5) is 11.0. The number of nitrogens with one attached hydrogen (secondary N) is 1. The Bertz CT molecular complexity index is 295. The van der Waals surface area contributed by atoms with E-state index in [0.29, 0.717) is 6.61 Å². The molecule has 0 radical (unpaired) electrons. The molecule has 15 heavy (non-hydrogen) atoms. The minimum Gasteiger partial charge on any atom is -0.465 e. The lowest BCUT2D eigenvalue weighted by molar-refractivity contribution is -0.140. The number of anilines is 1. The molecule has 0 amide bonds. The van der Waals surface area contributed by atoms with E-state index in [1.165, 1.54) is 5.56 Å². The van der Waals surface area contributed by atoms with E-state index < -0.39 is 0 Å². The van der Waals surface area contributed by atoms with E-state index in [9.17, 15) is 4.79 Å². The van der Waals surface area contributed by atoms with Gasteiger partial charge in [-0.2, -0.15) is 0 Å². The summed E-state index contributed by atoms with van der Waals surface area (Å²) in [5, 5.41) is 2.98. The van der Waals surface area contributed by atoms with Gasteiger partial charge in [0.15, 0.2) is 0 Å². The van der Waals surface area contributed by atoms with Crippen LogP contribution in [-0.2, 0) is 9.53 Å². The number of carbonyl (C=O) groups is 1. The van der Waals surface area contributed by atoms with Crippen LogP contribution in [0, 0.1) is 6.92 Å². The molecule has 0 aliphatic carbocycles. The second-order valence-corrected chi connectivity index (χ2v) is 3.02. The molecule has 0 unspecified atom stereocenters. The summed E-state index contributed by atoms with van der Waals surface area (Å²) in [6.07, 6.45) is 0. The number of rotatable bonds is 4. The molecule has 84 valence electrons. The second-order valence-electron chi connectivity index (χ2n) is 3.02. The van der Waals surface area contributed by atoms with Crippen LogP contribution in [0.2, 0.25) is 0 Å². The smallest absolute Gasteiger partial charge is 0.325 e. The van der Waals surface area contributed by atoms with Gasteiger partial charge >= 0.3 is 5.97 Å². The predicted molar refractivity (Wildman–Crippen MR) is 59.9 cm³/mol. The van der Waals surface area contributed by atoms with Gasteiger partial charge in [-0.15, -0.1) is 0 Å². The highest BCUT2D eigenvalue weighted by molar-refractivity contribution is 5.74. The number of hydrogen-bond donors (Lipinski definition) is 1. The van der Waals surface area contributed by atoms with Crippen LogP contribution in [-0.4, -0.2) is 24.6 Å². The third-order valence-electron chi connectivity index (χ3n) is 1.79. The lowest BCUT2D eigenvalue weighted by Gasteiger charge is -2.05. The van der Waals surface area contributed by atoms with Gasteiger partial charge in [0.25, 0.3) is 0 Å².